The molecule has 1 aliphatic carbocycles. The van der Waals surface area contributed by atoms with Crippen LogP contribution in [0.25, 0.3) is 16.7 Å². The first-order valence-electron chi connectivity index (χ1n) is 8.44. The van der Waals surface area contributed by atoms with Gasteiger partial charge in [-0.05, 0) is 61.4 Å². The number of phenolic OH excluding ortho intramolecular Hbond substituents is 1. The molecule has 0 fully saturated rings. The van der Waals surface area contributed by atoms with Crippen LogP contribution in [-0.4, -0.2) is 11.3 Å². The third-order valence-electron chi connectivity index (χ3n) is 4.71. The topological polar surface area (TPSA) is 29.5 Å². The van der Waals surface area contributed by atoms with Crippen molar-refractivity contribution in [3.05, 3.63) is 76.5 Å². The quantitative estimate of drug-likeness (QED) is 0.480. The third-order valence-corrected chi connectivity index (χ3v) is 4.71. The van der Waals surface area contributed by atoms with Crippen LogP contribution in [0.4, 0.5) is 17.6 Å². The molecular weight excluding hydrogens is 372 g/mol. The Labute approximate surface area is 158 Å². The number of benzene rings is 2. The van der Waals surface area contributed by atoms with Crippen molar-refractivity contribution in [2.24, 2.45) is 0 Å². The van der Waals surface area contributed by atoms with E-state index < -0.39 is 23.2 Å². The Morgan fingerprint density at radius 1 is 1.04 bits per heavy atom. The average molecular weight is 386 g/mol. The highest BCUT2D eigenvalue weighted by molar-refractivity contribution is 5.86. The van der Waals surface area contributed by atoms with Crippen molar-refractivity contribution in [1.29, 1.82) is 0 Å². The van der Waals surface area contributed by atoms with Gasteiger partial charge in [-0.2, -0.15) is 13.2 Å². The van der Waals surface area contributed by atoms with Crippen LogP contribution in [0.15, 0.2) is 59.5 Å². The lowest BCUT2D eigenvalue weighted by Gasteiger charge is -2.35. The lowest BCUT2D eigenvalue weighted by Crippen LogP contribution is -2.29. The number of hydrogen-bond donors (Lipinski definition) is 1. The Balaban J connectivity index is 1.91. The highest BCUT2D eigenvalue weighted by Crippen LogP contribution is 2.50. The van der Waals surface area contributed by atoms with Gasteiger partial charge in [0.25, 0.3) is 0 Å². The molecule has 2 aliphatic rings. The van der Waals surface area contributed by atoms with Crippen LogP contribution in [0, 0.1) is 5.82 Å². The minimum absolute atomic E-state index is 0.164. The lowest BCUT2D eigenvalue weighted by atomic mass is 9.85. The number of halogens is 4. The molecule has 6 heteroatoms. The molecule has 1 aliphatic heterocycles. The summed E-state index contributed by atoms with van der Waals surface area (Å²) in [6, 6.07) is 7.25. The van der Waals surface area contributed by atoms with Gasteiger partial charge < -0.3 is 9.84 Å². The number of fused-ring (bicyclic) bond motifs is 3. The molecule has 0 unspecified atom stereocenters. The first-order valence-corrected chi connectivity index (χ1v) is 8.44. The molecule has 0 aromatic heterocycles. The maximum Gasteiger partial charge on any atom is 0.424 e. The maximum absolute atomic E-state index is 13.8. The van der Waals surface area contributed by atoms with Crippen LogP contribution in [0.3, 0.4) is 0 Å². The van der Waals surface area contributed by atoms with Gasteiger partial charge in [-0.3, -0.25) is 0 Å². The Bertz CT molecular complexity index is 1140. The van der Waals surface area contributed by atoms with E-state index in [1.807, 2.05) is 13.8 Å². The number of alkyl halides is 3. The predicted octanol–water partition coefficient (Wildman–Crippen LogP) is 6.02. The summed E-state index contributed by atoms with van der Waals surface area (Å²) in [7, 11) is 0. The number of hydrogen-bond acceptors (Lipinski definition) is 2. The van der Waals surface area contributed by atoms with Crippen LogP contribution in [-0.2, 0) is 5.60 Å². The molecule has 2 nitrogen and oxygen atoms in total. The maximum atomic E-state index is 13.8. The van der Waals surface area contributed by atoms with Gasteiger partial charge in [0.2, 0.25) is 0 Å². The van der Waals surface area contributed by atoms with Gasteiger partial charge in [-0.15, -0.1) is 0 Å². The zero-order valence-corrected chi connectivity index (χ0v) is 14.9. The number of allylic oxidation sites excluding steroid dienone is 4. The molecule has 0 atom stereocenters. The van der Waals surface area contributed by atoms with E-state index in [0.717, 1.165) is 11.6 Å². The Morgan fingerprint density at radius 2 is 1.79 bits per heavy atom. The van der Waals surface area contributed by atoms with E-state index in [0.29, 0.717) is 28.0 Å². The van der Waals surface area contributed by atoms with E-state index in [1.165, 1.54) is 24.3 Å². The normalized spacial score (nSPS) is 16.6. The van der Waals surface area contributed by atoms with Gasteiger partial charge >= 0.3 is 6.18 Å². The van der Waals surface area contributed by atoms with E-state index in [2.05, 4.69) is 11.5 Å². The van der Waals surface area contributed by atoms with Gasteiger partial charge in [-0.25, -0.2) is 4.39 Å². The van der Waals surface area contributed by atoms with Crippen molar-refractivity contribution in [3.8, 4) is 22.6 Å². The zero-order chi connectivity index (χ0) is 20.3. The molecule has 28 heavy (non-hydrogen) atoms. The van der Waals surface area contributed by atoms with Crippen molar-refractivity contribution in [1.82, 2.24) is 0 Å². The van der Waals surface area contributed by atoms with Gasteiger partial charge in [0.05, 0.1) is 5.56 Å². The molecule has 0 radical (unpaired) electrons. The summed E-state index contributed by atoms with van der Waals surface area (Å²) >= 11 is 0. The van der Waals surface area contributed by atoms with Crippen LogP contribution >= 0.6 is 0 Å². The Morgan fingerprint density at radius 3 is 2.43 bits per heavy atom. The average Bonchev–Trinajstić information content (AvgIpc) is 2.59. The van der Waals surface area contributed by atoms with Crippen LogP contribution in [0.5, 0.6) is 11.5 Å². The van der Waals surface area contributed by atoms with Crippen molar-refractivity contribution in [3.63, 3.8) is 0 Å². The van der Waals surface area contributed by atoms with E-state index in [9.17, 15) is 22.7 Å². The minimum Gasteiger partial charge on any atom is -0.507 e. The first kappa shape index (κ1) is 18.2. The third kappa shape index (κ3) is 2.93. The second-order valence-corrected chi connectivity index (χ2v) is 7.08. The van der Waals surface area contributed by atoms with E-state index >= 15 is 0 Å². The second kappa shape index (κ2) is 5.90. The summed E-state index contributed by atoms with van der Waals surface area (Å²) in [5, 5.41) is 10.6. The smallest absolute Gasteiger partial charge is 0.424 e. The van der Waals surface area contributed by atoms with E-state index in [4.69, 9.17) is 4.74 Å². The van der Waals surface area contributed by atoms with Crippen molar-refractivity contribution in [2.45, 2.75) is 25.6 Å². The van der Waals surface area contributed by atoms with Crippen molar-refractivity contribution >= 4 is 5.57 Å². The molecule has 2 aromatic carbocycles. The fourth-order valence-electron chi connectivity index (χ4n) is 3.40. The highest BCUT2D eigenvalue weighted by Gasteiger charge is 2.35. The molecule has 1 N–H and O–H groups in total. The van der Waals surface area contributed by atoms with Crippen molar-refractivity contribution < 1.29 is 27.4 Å². The number of rotatable bonds is 1. The number of phenols is 1. The summed E-state index contributed by atoms with van der Waals surface area (Å²) in [4.78, 5) is 0. The summed E-state index contributed by atoms with van der Waals surface area (Å²) < 4.78 is 58.0. The van der Waals surface area contributed by atoms with Crippen LogP contribution in [0.1, 0.15) is 25.0 Å². The second-order valence-electron chi connectivity index (χ2n) is 7.08. The summed E-state index contributed by atoms with van der Waals surface area (Å²) in [6.45, 7) is 3.63. The molecule has 1 heterocycles. The minimum atomic E-state index is -4.51. The molecule has 4 rings (SSSR count). The SMILES string of the molecule is CC1(C)Oc2cc(C3=C=C=C(C(F)(F)F)C=C3)cc(O)c2-c2cc(F)ccc21. The molecular formula is C22H14F4O2. The van der Waals surface area contributed by atoms with Gasteiger partial charge in [0.15, 0.2) is 0 Å². The largest absolute Gasteiger partial charge is 0.507 e. The number of aromatic hydroxyl groups is 1. The molecule has 0 spiro atoms. The van der Waals surface area contributed by atoms with Crippen LogP contribution in [0.2, 0.25) is 0 Å². The summed E-state index contributed by atoms with van der Waals surface area (Å²) in [5.74, 6) is -0.300. The molecule has 0 saturated carbocycles. The molecule has 0 bridgehead atoms. The first-order chi connectivity index (χ1) is 13.1. The highest BCUT2D eigenvalue weighted by atomic mass is 19.4. The van der Waals surface area contributed by atoms with Gasteiger partial charge in [0.1, 0.15) is 28.5 Å². The Kier molecular flexibility index (Phi) is 3.83. The lowest BCUT2D eigenvalue weighted by molar-refractivity contribution is -0.0880. The predicted molar refractivity (Wildman–Crippen MR) is 96.3 cm³/mol. The molecule has 0 amide bonds. The standard InChI is InChI=1S/C22H14F4O2/c1-21(2)17-8-7-15(23)11-16(17)20-18(27)9-13(10-19(20)28-21)12-3-5-14(6-4-12)22(24,25)26/h3,5,7-11,27H,1-2H3. The number of ether oxygens (including phenoxy) is 1. The molecule has 0 saturated heterocycles. The summed E-state index contributed by atoms with van der Waals surface area (Å²) in [5.41, 5.74) is 5.16. The summed E-state index contributed by atoms with van der Waals surface area (Å²) in [6.07, 6.45) is -2.35. The molecule has 2 aromatic rings. The van der Waals surface area contributed by atoms with Gasteiger partial charge in [-0.1, -0.05) is 17.5 Å². The molecule has 142 valence electrons. The van der Waals surface area contributed by atoms with E-state index in [1.54, 1.807) is 12.1 Å². The monoisotopic (exact) mass is 386 g/mol. The van der Waals surface area contributed by atoms with Crippen molar-refractivity contribution in [2.75, 3.05) is 0 Å². The fraction of sp³-hybridized carbons (Fsp3) is 0.182. The van der Waals surface area contributed by atoms with E-state index in [-0.39, 0.29) is 5.75 Å². The fourth-order valence-corrected chi connectivity index (χ4v) is 3.40. The zero-order valence-electron chi connectivity index (χ0n) is 14.9. The van der Waals surface area contributed by atoms with Gasteiger partial charge in [0, 0.05) is 11.1 Å². The van der Waals surface area contributed by atoms with Crippen LogP contribution < -0.4 is 4.74 Å². The Hall–Kier alpha value is -3.20.